The van der Waals surface area contributed by atoms with Gasteiger partial charge in [-0.05, 0) is 43.4 Å². The van der Waals surface area contributed by atoms with E-state index in [0.717, 1.165) is 24.8 Å². The zero-order valence-corrected chi connectivity index (χ0v) is 12.0. The summed E-state index contributed by atoms with van der Waals surface area (Å²) in [7, 11) is -0.734. The maximum Gasteiger partial charge on any atom is 0.573 e. The third-order valence-electron chi connectivity index (χ3n) is 3.90. The van der Waals surface area contributed by atoms with Crippen molar-refractivity contribution in [3.05, 3.63) is 41.5 Å². The smallest absolute Gasteiger partial charge is 0.406 e. The largest absolute Gasteiger partial charge is 0.573 e. The Bertz CT molecular complexity index is 578. The molecule has 0 saturated carbocycles. The van der Waals surface area contributed by atoms with Crippen LogP contribution in [0.4, 0.5) is 13.2 Å². The Labute approximate surface area is 123 Å². The first-order valence-corrected chi connectivity index (χ1v) is 8.12. The summed E-state index contributed by atoms with van der Waals surface area (Å²) in [5.41, 5.74) is 2.19. The molecule has 21 heavy (non-hydrogen) atoms. The van der Waals surface area contributed by atoms with Crippen LogP contribution in [-0.2, 0) is 17.2 Å². The first-order valence-electron chi connectivity index (χ1n) is 6.84. The van der Waals surface area contributed by atoms with E-state index in [1.165, 1.54) is 17.7 Å². The molecular formula is C15H15F3O2S. The monoisotopic (exact) mass is 316 g/mol. The van der Waals surface area contributed by atoms with E-state index in [2.05, 4.69) is 10.8 Å². The Kier molecular flexibility index (Phi) is 3.82. The number of ether oxygens (including phenoxy) is 1. The minimum Gasteiger partial charge on any atom is -0.406 e. The summed E-state index contributed by atoms with van der Waals surface area (Å²) in [5.74, 6) is -0.204. The van der Waals surface area contributed by atoms with Gasteiger partial charge in [-0.25, -0.2) is 0 Å². The lowest BCUT2D eigenvalue weighted by molar-refractivity contribution is -0.274. The molecule has 2 heterocycles. The molecule has 0 spiro atoms. The van der Waals surface area contributed by atoms with E-state index < -0.39 is 17.2 Å². The molecular weight excluding hydrogens is 301 g/mol. The second-order valence-electron chi connectivity index (χ2n) is 5.46. The van der Waals surface area contributed by atoms with Gasteiger partial charge in [-0.15, -0.1) is 13.2 Å². The molecule has 1 aromatic rings. The van der Waals surface area contributed by atoms with Crippen molar-refractivity contribution in [2.24, 2.45) is 0 Å². The van der Waals surface area contributed by atoms with Gasteiger partial charge in [0.1, 0.15) is 5.75 Å². The van der Waals surface area contributed by atoms with Crippen LogP contribution < -0.4 is 4.74 Å². The second-order valence-corrected chi connectivity index (χ2v) is 7.39. The van der Waals surface area contributed by atoms with Gasteiger partial charge in [0, 0.05) is 16.0 Å². The summed E-state index contributed by atoms with van der Waals surface area (Å²) in [4.78, 5) is 0. The van der Waals surface area contributed by atoms with Gasteiger partial charge in [0.05, 0.1) is 5.25 Å². The van der Waals surface area contributed by atoms with Gasteiger partial charge in [0.2, 0.25) is 0 Å². The van der Waals surface area contributed by atoms with Crippen LogP contribution in [0.2, 0.25) is 0 Å². The van der Waals surface area contributed by atoms with Gasteiger partial charge >= 0.3 is 6.36 Å². The molecule has 114 valence electrons. The molecule has 2 aliphatic heterocycles. The summed E-state index contributed by atoms with van der Waals surface area (Å²) in [6, 6.07) is 5.96. The Balaban J connectivity index is 1.66. The van der Waals surface area contributed by atoms with Crippen LogP contribution in [0.3, 0.4) is 0 Å². The van der Waals surface area contributed by atoms with Crippen molar-refractivity contribution in [3.8, 4) is 5.75 Å². The van der Waals surface area contributed by atoms with Gasteiger partial charge in [-0.2, -0.15) is 0 Å². The number of rotatable bonds is 3. The van der Waals surface area contributed by atoms with Gasteiger partial charge in [-0.1, -0.05) is 23.8 Å². The minimum absolute atomic E-state index is 0.173. The number of alkyl halides is 3. The Morgan fingerprint density at radius 1 is 1.19 bits per heavy atom. The van der Waals surface area contributed by atoms with E-state index in [9.17, 15) is 17.4 Å². The first-order chi connectivity index (χ1) is 9.90. The molecule has 2 nitrogen and oxygen atoms in total. The molecule has 0 aromatic heterocycles. The molecule has 0 N–H and O–H groups in total. The van der Waals surface area contributed by atoms with Gasteiger partial charge in [0.25, 0.3) is 0 Å². The molecule has 1 saturated heterocycles. The van der Waals surface area contributed by atoms with Gasteiger partial charge < -0.3 is 4.74 Å². The molecule has 6 heteroatoms. The van der Waals surface area contributed by atoms with Crippen LogP contribution in [0.5, 0.6) is 5.75 Å². The highest BCUT2D eigenvalue weighted by Crippen LogP contribution is 2.35. The van der Waals surface area contributed by atoms with E-state index in [4.69, 9.17) is 0 Å². The molecule has 3 unspecified atom stereocenters. The number of allylic oxidation sites excluding steroid dienone is 1. The van der Waals surface area contributed by atoms with Gasteiger partial charge in [0.15, 0.2) is 0 Å². The van der Waals surface area contributed by atoms with Crippen LogP contribution in [-0.4, -0.2) is 21.1 Å². The van der Waals surface area contributed by atoms with Crippen LogP contribution in [0, 0.1) is 0 Å². The van der Waals surface area contributed by atoms with Crippen LogP contribution in [0.25, 0.3) is 0 Å². The third-order valence-corrected chi connectivity index (χ3v) is 5.93. The predicted octanol–water partition coefficient (Wildman–Crippen LogP) is 3.74. The highest BCUT2D eigenvalue weighted by atomic mass is 32.2. The molecule has 2 aliphatic rings. The van der Waals surface area contributed by atoms with E-state index in [-0.39, 0.29) is 16.2 Å². The van der Waals surface area contributed by atoms with E-state index in [0.29, 0.717) is 6.42 Å². The van der Waals surface area contributed by atoms with E-state index in [1.54, 1.807) is 12.1 Å². The van der Waals surface area contributed by atoms with Crippen LogP contribution in [0.15, 0.2) is 35.9 Å². The topological polar surface area (TPSA) is 26.3 Å². The summed E-state index contributed by atoms with van der Waals surface area (Å²) in [6.45, 7) is 0. The Morgan fingerprint density at radius 3 is 2.52 bits per heavy atom. The molecule has 1 aromatic carbocycles. The normalized spacial score (nSPS) is 28.3. The molecule has 2 bridgehead atoms. The molecule has 1 fully saturated rings. The molecule has 0 radical (unpaired) electrons. The van der Waals surface area contributed by atoms with Crippen molar-refractivity contribution >= 4 is 10.8 Å². The number of halogens is 3. The highest BCUT2D eigenvalue weighted by Gasteiger charge is 2.35. The summed E-state index contributed by atoms with van der Waals surface area (Å²) < 4.78 is 52.0. The van der Waals surface area contributed by atoms with Crippen molar-refractivity contribution in [3.63, 3.8) is 0 Å². The average Bonchev–Trinajstić information content (AvgIpc) is 2.62. The lowest BCUT2D eigenvalue weighted by Gasteiger charge is -2.19. The zero-order valence-electron chi connectivity index (χ0n) is 11.2. The molecule has 3 rings (SSSR count). The predicted molar refractivity (Wildman–Crippen MR) is 74.5 cm³/mol. The highest BCUT2D eigenvalue weighted by molar-refractivity contribution is 7.86. The van der Waals surface area contributed by atoms with Crippen molar-refractivity contribution in [2.45, 2.75) is 42.5 Å². The summed E-state index contributed by atoms with van der Waals surface area (Å²) in [6.07, 6.45) is 0.978. The average molecular weight is 316 g/mol. The number of fused-ring (bicyclic) bond motifs is 2. The second kappa shape index (κ2) is 5.48. The van der Waals surface area contributed by atoms with Crippen molar-refractivity contribution in [2.75, 3.05) is 0 Å². The number of benzene rings is 1. The van der Waals surface area contributed by atoms with Crippen molar-refractivity contribution in [1.29, 1.82) is 0 Å². The van der Waals surface area contributed by atoms with Crippen molar-refractivity contribution in [1.82, 2.24) is 0 Å². The SMILES string of the molecule is O=S1C2C=C(Cc3ccc(OC(F)(F)F)cc3)CC1CC2. The van der Waals surface area contributed by atoms with Gasteiger partial charge in [-0.3, -0.25) is 4.21 Å². The van der Waals surface area contributed by atoms with Crippen LogP contribution >= 0.6 is 0 Å². The standard InChI is InChI=1S/C15H15F3O2S/c16-15(17,18)20-12-3-1-10(2-4-12)7-11-8-13-5-6-14(9-11)21(13)19/h1-4,8,13-14H,5-7,9H2. The maximum atomic E-state index is 12.1. The number of hydrogen-bond acceptors (Lipinski definition) is 2. The fourth-order valence-electron chi connectivity index (χ4n) is 2.99. The first kappa shape index (κ1) is 14.6. The van der Waals surface area contributed by atoms with Crippen molar-refractivity contribution < 1.29 is 22.1 Å². The fraction of sp³-hybridized carbons (Fsp3) is 0.467. The van der Waals surface area contributed by atoms with E-state index in [1.807, 2.05) is 0 Å². The zero-order chi connectivity index (χ0) is 15.0. The molecule has 3 atom stereocenters. The maximum absolute atomic E-state index is 12.1. The molecule has 0 amide bonds. The summed E-state index contributed by atoms with van der Waals surface area (Å²) >= 11 is 0. The quantitative estimate of drug-likeness (QED) is 0.794. The molecule has 0 aliphatic carbocycles. The minimum atomic E-state index is -4.66. The Hall–Kier alpha value is -1.30. The lowest BCUT2D eigenvalue weighted by Crippen LogP contribution is -2.21. The number of hydrogen-bond donors (Lipinski definition) is 0. The fourth-order valence-corrected chi connectivity index (χ4v) is 4.93. The summed E-state index contributed by atoms with van der Waals surface area (Å²) in [5, 5.41) is 0.439. The van der Waals surface area contributed by atoms with Crippen LogP contribution in [0.1, 0.15) is 24.8 Å². The lowest BCUT2D eigenvalue weighted by atomic mass is 10.0. The van der Waals surface area contributed by atoms with E-state index >= 15 is 0 Å². The third kappa shape index (κ3) is 3.48. The Morgan fingerprint density at radius 2 is 1.90 bits per heavy atom.